The summed E-state index contributed by atoms with van der Waals surface area (Å²) in [5.41, 5.74) is 0.523. The number of halogens is 1. The molecule has 1 saturated heterocycles. The number of nitrogens with zero attached hydrogens (tertiary/aromatic N) is 1. The Morgan fingerprint density at radius 2 is 2.37 bits per heavy atom. The van der Waals surface area contributed by atoms with Gasteiger partial charge in [-0.1, -0.05) is 0 Å². The minimum absolute atomic E-state index is 0. The first-order valence-electron chi connectivity index (χ1n) is 6.24. The fraction of sp³-hybridized carbons (Fsp3) is 0.615. The molecule has 0 spiro atoms. The molecule has 1 aromatic heterocycles. The molecule has 0 saturated carbocycles. The van der Waals surface area contributed by atoms with Crippen molar-refractivity contribution in [2.45, 2.75) is 26.4 Å². The maximum atomic E-state index is 11.5. The molecule has 1 aliphatic heterocycles. The second-order valence-electron chi connectivity index (χ2n) is 4.70. The SMILES string of the molecule is COC(=O)c1cc(CN2CCNC[C@H]2C)oc1C.Cl. The van der Waals surface area contributed by atoms with Gasteiger partial charge < -0.3 is 14.5 Å². The van der Waals surface area contributed by atoms with Gasteiger partial charge in [-0.05, 0) is 19.9 Å². The summed E-state index contributed by atoms with van der Waals surface area (Å²) in [5.74, 6) is 1.11. The van der Waals surface area contributed by atoms with E-state index < -0.39 is 0 Å². The number of aryl methyl sites for hydroxylation is 1. The van der Waals surface area contributed by atoms with Crippen LogP contribution in [0.2, 0.25) is 0 Å². The summed E-state index contributed by atoms with van der Waals surface area (Å²) in [4.78, 5) is 13.8. The van der Waals surface area contributed by atoms with Gasteiger partial charge in [0.05, 0.1) is 13.7 Å². The van der Waals surface area contributed by atoms with Gasteiger partial charge in [-0.3, -0.25) is 4.90 Å². The van der Waals surface area contributed by atoms with Gasteiger partial charge in [0.25, 0.3) is 0 Å². The third-order valence-electron chi connectivity index (χ3n) is 3.37. The zero-order valence-electron chi connectivity index (χ0n) is 11.6. The van der Waals surface area contributed by atoms with Crippen molar-refractivity contribution >= 4 is 18.4 Å². The number of esters is 1. The normalized spacial score (nSPS) is 19.8. The van der Waals surface area contributed by atoms with Crippen LogP contribution in [0.5, 0.6) is 0 Å². The van der Waals surface area contributed by atoms with E-state index in [4.69, 9.17) is 9.15 Å². The first kappa shape index (κ1) is 16.0. The van der Waals surface area contributed by atoms with Gasteiger partial charge in [0.15, 0.2) is 0 Å². The van der Waals surface area contributed by atoms with Crippen LogP contribution in [0.25, 0.3) is 0 Å². The smallest absolute Gasteiger partial charge is 0.341 e. The second-order valence-corrected chi connectivity index (χ2v) is 4.70. The number of furan rings is 1. The Morgan fingerprint density at radius 3 is 3.00 bits per heavy atom. The quantitative estimate of drug-likeness (QED) is 0.856. The molecular weight excluding hydrogens is 268 g/mol. The molecule has 1 aromatic rings. The number of rotatable bonds is 3. The number of carbonyl (C=O) groups is 1. The summed E-state index contributed by atoms with van der Waals surface area (Å²) in [6.07, 6.45) is 0. The zero-order chi connectivity index (χ0) is 13.1. The van der Waals surface area contributed by atoms with E-state index in [0.29, 0.717) is 17.4 Å². The van der Waals surface area contributed by atoms with E-state index in [1.54, 1.807) is 13.0 Å². The average molecular weight is 289 g/mol. The number of carbonyl (C=O) groups excluding carboxylic acids is 1. The van der Waals surface area contributed by atoms with Gasteiger partial charge in [-0.25, -0.2) is 4.79 Å². The minimum atomic E-state index is -0.337. The third kappa shape index (κ3) is 3.72. The van der Waals surface area contributed by atoms with Crippen LogP contribution < -0.4 is 5.32 Å². The lowest BCUT2D eigenvalue weighted by molar-refractivity contribution is 0.0599. The molecule has 1 aliphatic rings. The van der Waals surface area contributed by atoms with Crippen LogP contribution in [0.4, 0.5) is 0 Å². The molecule has 1 N–H and O–H groups in total. The molecule has 2 heterocycles. The minimum Gasteiger partial charge on any atom is -0.465 e. The van der Waals surface area contributed by atoms with Crippen LogP contribution in [0.3, 0.4) is 0 Å². The van der Waals surface area contributed by atoms with Crippen molar-refractivity contribution in [3.63, 3.8) is 0 Å². The molecule has 0 aromatic carbocycles. The van der Waals surface area contributed by atoms with Crippen LogP contribution in [0.1, 0.15) is 28.8 Å². The first-order chi connectivity index (χ1) is 8.61. The van der Waals surface area contributed by atoms with Crippen LogP contribution in [0.15, 0.2) is 10.5 Å². The van der Waals surface area contributed by atoms with E-state index in [1.807, 2.05) is 0 Å². The lowest BCUT2D eigenvalue weighted by Crippen LogP contribution is -2.49. The number of hydrogen-bond acceptors (Lipinski definition) is 5. The van der Waals surface area contributed by atoms with Gasteiger partial charge >= 0.3 is 5.97 Å². The molecule has 0 aliphatic carbocycles. The van der Waals surface area contributed by atoms with Crippen molar-refractivity contribution in [1.29, 1.82) is 0 Å². The molecule has 0 radical (unpaired) electrons. The Bertz CT molecular complexity index is 434. The Hall–Kier alpha value is -1.04. The summed E-state index contributed by atoms with van der Waals surface area (Å²) in [5, 5.41) is 3.35. The molecule has 1 fully saturated rings. The third-order valence-corrected chi connectivity index (χ3v) is 3.37. The lowest BCUT2D eigenvalue weighted by Gasteiger charge is -2.33. The number of methoxy groups -OCH3 is 1. The largest absolute Gasteiger partial charge is 0.465 e. The Labute approximate surface area is 119 Å². The number of ether oxygens (including phenoxy) is 1. The van der Waals surface area contributed by atoms with E-state index in [2.05, 4.69) is 17.1 Å². The predicted molar refractivity (Wildman–Crippen MR) is 74.8 cm³/mol. The molecule has 5 nitrogen and oxygen atoms in total. The monoisotopic (exact) mass is 288 g/mol. The van der Waals surface area contributed by atoms with E-state index in [9.17, 15) is 4.79 Å². The number of piperazine rings is 1. The standard InChI is InChI=1S/C13H20N2O3.ClH/c1-9-7-14-4-5-15(9)8-11-6-12(10(2)18-11)13(16)17-3;/h6,9,14H,4-5,7-8H2,1-3H3;1H/t9-;/m1./s1. The van der Waals surface area contributed by atoms with Crippen LogP contribution in [0, 0.1) is 6.92 Å². The summed E-state index contributed by atoms with van der Waals surface area (Å²) in [6.45, 7) is 7.69. The Morgan fingerprint density at radius 1 is 1.63 bits per heavy atom. The van der Waals surface area contributed by atoms with Crippen molar-refractivity contribution in [3.8, 4) is 0 Å². The zero-order valence-corrected chi connectivity index (χ0v) is 12.4. The van der Waals surface area contributed by atoms with Crippen LogP contribution in [-0.4, -0.2) is 43.7 Å². The topological polar surface area (TPSA) is 54.7 Å². The van der Waals surface area contributed by atoms with Gasteiger partial charge in [-0.15, -0.1) is 12.4 Å². The van der Waals surface area contributed by atoms with E-state index >= 15 is 0 Å². The fourth-order valence-electron chi connectivity index (χ4n) is 2.25. The Balaban J connectivity index is 0.00000180. The van der Waals surface area contributed by atoms with Crippen LogP contribution >= 0.6 is 12.4 Å². The van der Waals surface area contributed by atoms with Crippen LogP contribution in [-0.2, 0) is 11.3 Å². The molecular formula is C13H21ClN2O3. The lowest BCUT2D eigenvalue weighted by atomic mass is 10.2. The van der Waals surface area contributed by atoms with Gasteiger partial charge in [0, 0.05) is 25.7 Å². The molecule has 19 heavy (non-hydrogen) atoms. The second kappa shape index (κ2) is 6.93. The highest BCUT2D eigenvalue weighted by Gasteiger charge is 2.21. The molecule has 0 amide bonds. The predicted octanol–water partition coefficient (Wildman–Crippen LogP) is 1.59. The highest BCUT2D eigenvalue weighted by atomic mass is 35.5. The van der Waals surface area contributed by atoms with E-state index in [0.717, 1.165) is 31.9 Å². The highest BCUT2D eigenvalue weighted by molar-refractivity contribution is 5.90. The summed E-state index contributed by atoms with van der Waals surface area (Å²) in [7, 11) is 1.38. The van der Waals surface area contributed by atoms with Gasteiger partial charge in [0.2, 0.25) is 0 Å². The fourth-order valence-corrected chi connectivity index (χ4v) is 2.25. The van der Waals surface area contributed by atoms with Crippen molar-refractivity contribution in [3.05, 3.63) is 23.2 Å². The van der Waals surface area contributed by atoms with Crippen molar-refractivity contribution in [2.24, 2.45) is 0 Å². The first-order valence-corrected chi connectivity index (χ1v) is 6.24. The number of nitrogens with one attached hydrogen (secondary N) is 1. The highest BCUT2D eigenvalue weighted by Crippen LogP contribution is 2.18. The number of hydrogen-bond donors (Lipinski definition) is 1. The van der Waals surface area contributed by atoms with Gasteiger partial charge in [0.1, 0.15) is 17.1 Å². The van der Waals surface area contributed by atoms with E-state index in [1.165, 1.54) is 7.11 Å². The van der Waals surface area contributed by atoms with Crippen molar-refractivity contribution < 1.29 is 13.9 Å². The summed E-state index contributed by atoms with van der Waals surface area (Å²) < 4.78 is 10.3. The van der Waals surface area contributed by atoms with Crippen molar-refractivity contribution in [2.75, 3.05) is 26.7 Å². The molecule has 0 bridgehead atoms. The van der Waals surface area contributed by atoms with Crippen molar-refractivity contribution in [1.82, 2.24) is 10.2 Å². The molecule has 2 rings (SSSR count). The maximum Gasteiger partial charge on any atom is 0.341 e. The summed E-state index contributed by atoms with van der Waals surface area (Å²) in [6, 6.07) is 2.27. The molecule has 0 unspecified atom stereocenters. The van der Waals surface area contributed by atoms with E-state index in [-0.39, 0.29) is 18.4 Å². The maximum absolute atomic E-state index is 11.5. The summed E-state index contributed by atoms with van der Waals surface area (Å²) >= 11 is 0. The molecule has 6 heteroatoms. The Kier molecular flexibility index (Phi) is 5.85. The average Bonchev–Trinajstić information content (AvgIpc) is 2.72. The molecule has 1 atom stereocenters. The molecule has 108 valence electrons. The van der Waals surface area contributed by atoms with Gasteiger partial charge in [-0.2, -0.15) is 0 Å².